The molecule has 2 rings (SSSR count). The summed E-state index contributed by atoms with van der Waals surface area (Å²) >= 11 is 0. The van der Waals surface area contributed by atoms with Gasteiger partial charge in [0.05, 0.1) is 12.8 Å². The molecule has 1 atom stereocenters. The van der Waals surface area contributed by atoms with Crippen molar-refractivity contribution in [2.24, 2.45) is 5.92 Å². The highest BCUT2D eigenvalue weighted by molar-refractivity contribution is 6.17. The maximum atomic E-state index is 12.5. The summed E-state index contributed by atoms with van der Waals surface area (Å²) in [5, 5.41) is 2.74. The van der Waals surface area contributed by atoms with E-state index in [1.165, 1.54) is 6.26 Å². The number of hydrogen-bond acceptors (Lipinski definition) is 4. The molecule has 0 saturated carbocycles. The van der Waals surface area contributed by atoms with Crippen LogP contribution in [0.25, 0.3) is 0 Å². The van der Waals surface area contributed by atoms with Gasteiger partial charge in [-0.25, -0.2) is 0 Å². The van der Waals surface area contributed by atoms with Crippen LogP contribution in [0.2, 0.25) is 0 Å². The Morgan fingerprint density at radius 1 is 1.43 bits per heavy atom. The molecule has 1 N–H and O–H groups in total. The van der Waals surface area contributed by atoms with Gasteiger partial charge in [-0.2, -0.15) is 0 Å². The van der Waals surface area contributed by atoms with Crippen molar-refractivity contribution in [3.05, 3.63) is 24.2 Å². The molecule has 1 aliphatic rings. The van der Waals surface area contributed by atoms with Gasteiger partial charge in [0.2, 0.25) is 17.7 Å². The standard InChI is InChI=1S/C15H20N2O4/c1-10(2)8-15(3,17-12(18)7-13(17)19)14(20)16-9-11-5-4-6-21-11/h4-6,10H,7-9H2,1-3H3,(H,16,20)/t15-/m1/s1. The first kappa shape index (κ1) is 15.3. The van der Waals surface area contributed by atoms with Crippen molar-refractivity contribution >= 4 is 17.7 Å². The highest BCUT2D eigenvalue weighted by atomic mass is 16.3. The first-order valence-corrected chi connectivity index (χ1v) is 7.01. The minimum Gasteiger partial charge on any atom is -0.467 e. The molecular weight excluding hydrogens is 272 g/mol. The lowest BCUT2D eigenvalue weighted by Crippen LogP contribution is -2.66. The summed E-state index contributed by atoms with van der Waals surface area (Å²) in [6, 6.07) is 3.48. The van der Waals surface area contributed by atoms with E-state index < -0.39 is 5.54 Å². The number of nitrogens with one attached hydrogen (secondary N) is 1. The third kappa shape index (κ3) is 2.99. The zero-order valence-corrected chi connectivity index (χ0v) is 12.5. The Hall–Kier alpha value is -2.11. The van der Waals surface area contributed by atoms with Gasteiger partial charge < -0.3 is 9.73 Å². The van der Waals surface area contributed by atoms with Crippen molar-refractivity contribution in [2.75, 3.05) is 0 Å². The van der Waals surface area contributed by atoms with Gasteiger partial charge in [0, 0.05) is 0 Å². The Balaban J connectivity index is 2.12. The topological polar surface area (TPSA) is 79.6 Å². The molecule has 0 bridgehead atoms. The summed E-state index contributed by atoms with van der Waals surface area (Å²) in [4.78, 5) is 37.0. The fourth-order valence-electron chi connectivity index (χ4n) is 2.74. The van der Waals surface area contributed by atoms with Crippen molar-refractivity contribution in [2.45, 2.75) is 45.7 Å². The maximum absolute atomic E-state index is 12.5. The van der Waals surface area contributed by atoms with E-state index in [9.17, 15) is 14.4 Å². The molecule has 1 aromatic heterocycles. The van der Waals surface area contributed by atoms with Crippen molar-refractivity contribution < 1.29 is 18.8 Å². The van der Waals surface area contributed by atoms with Crippen molar-refractivity contribution in [1.82, 2.24) is 10.2 Å². The summed E-state index contributed by atoms with van der Waals surface area (Å²) < 4.78 is 5.16. The molecule has 0 radical (unpaired) electrons. The molecule has 114 valence electrons. The van der Waals surface area contributed by atoms with Crippen molar-refractivity contribution in [1.29, 1.82) is 0 Å². The molecule has 1 aromatic rings. The van der Waals surface area contributed by atoms with E-state index in [2.05, 4.69) is 5.32 Å². The summed E-state index contributed by atoms with van der Waals surface area (Å²) in [5.41, 5.74) is -1.15. The number of carbonyl (C=O) groups is 3. The zero-order chi connectivity index (χ0) is 15.6. The number of carbonyl (C=O) groups excluding carboxylic acids is 3. The number of likely N-dealkylation sites (tertiary alicyclic amines) is 1. The van der Waals surface area contributed by atoms with E-state index in [1.807, 2.05) is 13.8 Å². The molecule has 3 amide bonds. The lowest BCUT2D eigenvalue weighted by molar-refractivity contribution is -0.170. The van der Waals surface area contributed by atoms with E-state index in [1.54, 1.807) is 19.1 Å². The fourth-order valence-corrected chi connectivity index (χ4v) is 2.74. The van der Waals surface area contributed by atoms with Gasteiger partial charge >= 0.3 is 0 Å². The van der Waals surface area contributed by atoms with E-state index in [0.717, 1.165) is 4.90 Å². The van der Waals surface area contributed by atoms with Crippen LogP contribution in [-0.4, -0.2) is 28.2 Å². The normalized spacial score (nSPS) is 17.6. The average Bonchev–Trinajstić information content (AvgIpc) is 2.87. The van der Waals surface area contributed by atoms with Crippen LogP contribution in [0, 0.1) is 5.92 Å². The van der Waals surface area contributed by atoms with Crippen LogP contribution in [0.15, 0.2) is 22.8 Å². The van der Waals surface area contributed by atoms with Crippen LogP contribution < -0.4 is 5.32 Å². The van der Waals surface area contributed by atoms with Crippen molar-refractivity contribution in [3.63, 3.8) is 0 Å². The van der Waals surface area contributed by atoms with Gasteiger partial charge in [-0.3, -0.25) is 19.3 Å². The van der Waals surface area contributed by atoms with Crippen LogP contribution in [0.4, 0.5) is 0 Å². The average molecular weight is 292 g/mol. The molecule has 1 aliphatic heterocycles. The molecule has 1 saturated heterocycles. The molecule has 6 nitrogen and oxygen atoms in total. The summed E-state index contributed by atoms with van der Waals surface area (Å²) in [7, 11) is 0. The van der Waals surface area contributed by atoms with Crippen LogP contribution in [0.5, 0.6) is 0 Å². The first-order chi connectivity index (χ1) is 9.84. The zero-order valence-electron chi connectivity index (χ0n) is 12.5. The highest BCUT2D eigenvalue weighted by Gasteiger charge is 2.51. The van der Waals surface area contributed by atoms with Gasteiger partial charge in [-0.05, 0) is 31.4 Å². The Morgan fingerprint density at radius 3 is 2.57 bits per heavy atom. The molecular formula is C15H20N2O4. The van der Waals surface area contributed by atoms with Crippen LogP contribution >= 0.6 is 0 Å². The summed E-state index contributed by atoms with van der Waals surface area (Å²) in [6.45, 7) is 5.77. The number of nitrogens with zero attached hydrogens (tertiary/aromatic N) is 1. The number of rotatable bonds is 6. The number of hydrogen-bond donors (Lipinski definition) is 1. The quantitative estimate of drug-likeness (QED) is 0.636. The Bertz CT molecular complexity index is 536. The molecule has 1 fully saturated rings. The monoisotopic (exact) mass is 292 g/mol. The van der Waals surface area contributed by atoms with Gasteiger partial charge in [-0.15, -0.1) is 0 Å². The minimum absolute atomic E-state index is 0.112. The summed E-state index contributed by atoms with van der Waals surface area (Å²) in [6.07, 6.45) is 1.84. The predicted octanol–water partition coefficient (Wildman–Crippen LogP) is 1.46. The van der Waals surface area contributed by atoms with E-state index in [0.29, 0.717) is 12.2 Å². The van der Waals surface area contributed by atoms with Gasteiger partial charge in [0.1, 0.15) is 17.7 Å². The van der Waals surface area contributed by atoms with Gasteiger partial charge in [0.15, 0.2) is 0 Å². The smallest absolute Gasteiger partial charge is 0.246 e. The largest absolute Gasteiger partial charge is 0.467 e. The van der Waals surface area contributed by atoms with Gasteiger partial charge in [0.25, 0.3) is 0 Å². The molecule has 0 aromatic carbocycles. The lowest BCUT2D eigenvalue weighted by Gasteiger charge is -2.44. The maximum Gasteiger partial charge on any atom is 0.246 e. The molecule has 0 unspecified atom stereocenters. The molecule has 0 spiro atoms. The van der Waals surface area contributed by atoms with Crippen molar-refractivity contribution in [3.8, 4) is 0 Å². The van der Waals surface area contributed by atoms with Crippen LogP contribution in [0.3, 0.4) is 0 Å². The van der Waals surface area contributed by atoms with Crippen LogP contribution in [0.1, 0.15) is 39.4 Å². The number of amides is 3. The Morgan fingerprint density at radius 2 is 2.10 bits per heavy atom. The first-order valence-electron chi connectivity index (χ1n) is 7.01. The second-order valence-electron chi connectivity index (χ2n) is 5.93. The molecule has 0 aliphatic carbocycles. The fraction of sp³-hybridized carbons (Fsp3) is 0.533. The second kappa shape index (κ2) is 5.71. The third-order valence-corrected chi connectivity index (χ3v) is 3.59. The molecule has 6 heteroatoms. The lowest BCUT2D eigenvalue weighted by atomic mass is 9.85. The molecule has 21 heavy (non-hydrogen) atoms. The highest BCUT2D eigenvalue weighted by Crippen LogP contribution is 2.30. The SMILES string of the molecule is CC(C)C[C@](C)(C(=O)NCc1ccco1)N1C(=O)CC1=O. The molecule has 2 heterocycles. The van der Waals surface area contributed by atoms with E-state index in [4.69, 9.17) is 4.42 Å². The van der Waals surface area contributed by atoms with E-state index >= 15 is 0 Å². The minimum atomic E-state index is -1.15. The van der Waals surface area contributed by atoms with Crippen LogP contribution in [-0.2, 0) is 20.9 Å². The van der Waals surface area contributed by atoms with Gasteiger partial charge in [-0.1, -0.05) is 13.8 Å². The number of imide groups is 1. The van der Waals surface area contributed by atoms with E-state index in [-0.39, 0.29) is 36.6 Å². The Labute approximate surface area is 123 Å². The number of β-lactam (4-membered cyclic amide) rings is 2. The third-order valence-electron chi connectivity index (χ3n) is 3.59. The predicted molar refractivity (Wildman–Crippen MR) is 74.9 cm³/mol. The Kier molecular flexibility index (Phi) is 4.16. The summed E-state index contributed by atoms with van der Waals surface area (Å²) in [5.74, 6) is -0.135. The number of furan rings is 1. The second-order valence-corrected chi connectivity index (χ2v) is 5.93.